The zero-order valence-corrected chi connectivity index (χ0v) is 14.7. The maximum Gasteiger partial charge on any atom is 0.241 e. The maximum atomic E-state index is 13.1. The summed E-state index contributed by atoms with van der Waals surface area (Å²) in [5, 5.41) is 2.96. The normalized spacial score (nSPS) is 25.8. The molecule has 2 unspecified atom stereocenters. The van der Waals surface area contributed by atoms with Crippen LogP contribution in [0.1, 0.15) is 44.7 Å². The van der Waals surface area contributed by atoms with Gasteiger partial charge >= 0.3 is 0 Å². The molecule has 0 aliphatic carbocycles. The number of nitrogens with zero attached hydrogens (tertiary/aromatic N) is 2. The summed E-state index contributed by atoms with van der Waals surface area (Å²) < 4.78 is 0. The Labute approximate surface area is 148 Å². The SMILES string of the molecule is CCCC1CC(C(=O)N(Cc2ccccn2)C[C@@H]2CCC(=O)N2)NN1. The number of pyridine rings is 1. The molecule has 2 amide bonds. The Bertz CT molecular complexity index is 594. The van der Waals surface area contributed by atoms with E-state index in [2.05, 4.69) is 28.1 Å². The van der Waals surface area contributed by atoms with Crippen LogP contribution in [-0.4, -0.2) is 46.4 Å². The van der Waals surface area contributed by atoms with Crippen LogP contribution >= 0.6 is 0 Å². The van der Waals surface area contributed by atoms with Crippen LogP contribution < -0.4 is 16.2 Å². The Hall–Kier alpha value is -1.99. The summed E-state index contributed by atoms with van der Waals surface area (Å²) in [4.78, 5) is 30.7. The van der Waals surface area contributed by atoms with E-state index in [9.17, 15) is 9.59 Å². The van der Waals surface area contributed by atoms with Crippen molar-refractivity contribution >= 4 is 11.8 Å². The third-order valence-electron chi connectivity index (χ3n) is 4.83. The Morgan fingerprint density at radius 1 is 1.32 bits per heavy atom. The summed E-state index contributed by atoms with van der Waals surface area (Å²) in [5.41, 5.74) is 7.22. The number of hydrogen-bond acceptors (Lipinski definition) is 5. The Morgan fingerprint density at radius 2 is 2.20 bits per heavy atom. The number of aromatic nitrogens is 1. The minimum absolute atomic E-state index is 0.0287. The molecular formula is C18H27N5O2. The number of carbonyl (C=O) groups excluding carboxylic acids is 2. The van der Waals surface area contributed by atoms with Gasteiger partial charge in [-0.05, 0) is 31.4 Å². The predicted molar refractivity (Wildman–Crippen MR) is 94.2 cm³/mol. The first kappa shape index (κ1) is 17.8. The van der Waals surface area contributed by atoms with Gasteiger partial charge in [0, 0.05) is 31.2 Å². The van der Waals surface area contributed by atoms with Crippen molar-refractivity contribution in [1.29, 1.82) is 0 Å². The van der Waals surface area contributed by atoms with Crippen molar-refractivity contribution in [2.45, 2.75) is 63.7 Å². The van der Waals surface area contributed by atoms with Gasteiger partial charge in [0.25, 0.3) is 0 Å². The van der Waals surface area contributed by atoms with Crippen LogP contribution in [0.3, 0.4) is 0 Å². The molecule has 0 spiro atoms. The van der Waals surface area contributed by atoms with Gasteiger partial charge in [0.15, 0.2) is 0 Å². The van der Waals surface area contributed by atoms with E-state index in [1.165, 1.54) is 0 Å². The molecule has 136 valence electrons. The van der Waals surface area contributed by atoms with E-state index in [-0.39, 0.29) is 23.9 Å². The van der Waals surface area contributed by atoms with E-state index < -0.39 is 0 Å². The van der Waals surface area contributed by atoms with Gasteiger partial charge in [0.2, 0.25) is 11.8 Å². The molecule has 0 saturated carbocycles. The Kier molecular flexibility index (Phi) is 5.99. The lowest BCUT2D eigenvalue weighted by atomic mass is 10.0. The highest BCUT2D eigenvalue weighted by Crippen LogP contribution is 2.16. The van der Waals surface area contributed by atoms with Crippen molar-refractivity contribution in [3.63, 3.8) is 0 Å². The van der Waals surface area contributed by atoms with Crippen LogP contribution in [0.2, 0.25) is 0 Å². The van der Waals surface area contributed by atoms with Crippen LogP contribution in [-0.2, 0) is 16.1 Å². The van der Waals surface area contributed by atoms with Crippen molar-refractivity contribution in [1.82, 2.24) is 26.1 Å². The minimum atomic E-state index is -0.225. The van der Waals surface area contributed by atoms with Gasteiger partial charge < -0.3 is 10.2 Å². The van der Waals surface area contributed by atoms with E-state index >= 15 is 0 Å². The highest BCUT2D eigenvalue weighted by molar-refractivity contribution is 5.82. The molecule has 2 fully saturated rings. The molecule has 3 heterocycles. The molecular weight excluding hydrogens is 318 g/mol. The summed E-state index contributed by atoms with van der Waals surface area (Å²) >= 11 is 0. The van der Waals surface area contributed by atoms with Crippen LogP contribution in [0.15, 0.2) is 24.4 Å². The molecule has 3 N–H and O–H groups in total. The molecule has 0 radical (unpaired) electrons. The Morgan fingerprint density at radius 3 is 2.88 bits per heavy atom. The molecule has 2 saturated heterocycles. The molecule has 1 aromatic rings. The monoisotopic (exact) mass is 345 g/mol. The second-order valence-electron chi connectivity index (χ2n) is 6.91. The topological polar surface area (TPSA) is 86.4 Å². The van der Waals surface area contributed by atoms with Gasteiger partial charge in [-0.2, -0.15) is 0 Å². The first-order valence-electron chi connectivity index (χ1n) is 9.14. The predicted octanol–water partition coefficient (Wildman–Crippen LogP) is 0.724. The Balaban J connectivity index is 1.66. The largest absolute Gasteiger partial charge is 0.352 e. The molecule has 7 nitrogen and oxygen atoms in total. The lowest BCUT2D eigenvalue weighted by Crippen LogP contribution is -2.49. The fraction of sp³-hybridized carbons (Fsp3) is 0.611. The highest BCUT2D eigenvalue weighted by Gasteiger charge is 2.33. The molecule has 2 aliphatic heterocycles. The van der Waals surface area contributed by atoms with Crippen molar-refractivity contribution in [3.8, 4) is 0 Å². The average molecular weight is 345 g/mol. The van der Waals surface area contributed by atoms with Gasteiger partial charge in [0.1, 0.15) is 6.04 Å². The third-order valence-corrected chi connectivity index (χ3v) is 4.83. The van der Waals surface area contributed by atoms with E-state index in [0.717, 1.165) is 31.4 Å². The zero-order chi connectivity index (χ0) is 17.6. The number of amides is 2. The van der Waals surface area contributed by atoms with Crippen LogP contribution in [0.5, 0.6) is 0 Å². The summed E-state index contributed by atoms with van der Waals surface area (Å²) in [6.45, 7) is 3.13. The smallest absolute Gasteiger partial charge is 0.241 e. The molecule has 3 rings (SSSR count). The van der Waals surface area contributed by atoms with E-state index in [4.69, 9.17) is 0 Å². The molecule has 25 heavy (non-hydrogen) atoms. The first-order valence-corrected chi connectivity index (χ1v) is 9.14. The van der Waals surface area contributed by atoms with Gasteiger partial charge in [-0.3, -0.25) is 20.0 Å². The number of hydrazine groups is 1. The summed E-state index contributed by atoms with van der Waals surface area (Å²) in [7, 11) is 0. The lowest BCUT2D eigenvalue weighted by Gasteiger charge is -2.28. The number of nitrogens with one attached hydrogen (secondary N) is 3. The van der Waals surface area contributed by atoms with Crippen LogP contribution in [0.25, 0.3) is 0 Å². The molecule has 0 bridgehead atoms. The molecule has 2 aliphatic rings. The van der Waals surface area contributed by atoms with Crippen molar-refractivity contribution in [2.75, 3.05) is 6.54 Å². The fourth-order valence-corrected chi connectivity index (χ4v) is 3.54. The fourth-order valence-electron chi connectivity index (χ4n) is 3.54. The summed E-state index contributed by atoms with van der Waals surface area (Å²) in [6.07, 6.45) is 5.99. The molecule has 3 atom stereocenters. The summed E-state index contributed by atoms with van der Waals surface area (Å²) in [5.74, 6) is 0.136. The molecule has 7 heteroatoms. The summed E-state index contributed by atoms with van der Waals surface area (Å²) in [6, 6.07) is 5.85. The van der Waals surface area contributed by atoms with Gasteiger partial charge in [0.05, 0.1) is 12.2 Å². The lowest BCUT2D eigenvalue weighted by molar-refractivity contribution is -0.134. The first-order chi connectivity index (χ1) is 12.2. The number of hydrogen-bond donors (Lipinski definition) is 3. The van der Waals surface area contributed by atoms with E-state index in [1.54, 1.807) is 6.20 Å². The third kappa shape index (κ3) is 4.76. The van der Waals surface area contributed by atoms with Crippen molar-refractivity contribution in [2.24, 2.45) is 0 Å². The molecule has 0 aromatic carbocycles. The van der Waals surface area contributed by atoms with Crippen molar-refractivity contribution in [3.05, 3.63) is 30.1 Å². The van der Waals surface area contributed by atoms with E-state index in [0.29, 0.717) is 25.6 Å². The van der Waals surface area contributed by atoms with Gasteiger partial charge in [-0.1, -0.05) is 19.4 Å². The van der Waals surface area contributed by atoms with E-state index in [1.807, 2.05) is 23.1 Å². The average Bonchev–Trinajstić information content (AvgIpc) is 3.24. The van der Waals surface area contributed by atoms with Crippen LogP contribution in [0.4, 0.5) is 0 Å². The van der Waals surface area contributed by atoms with Crippen LogP contribution in [0, 0.1) is 0 Å². The highest BCUT2D eigenvalue weighted by atomic mass is 16.2. The maximum absolute atomic E-state index is 13.1. The number of rotatable bonds is 7. The second-order valence-corrected chi connectivity index (χ2v) is 6.91. The standard InChI is InChI=1S/C18H27N5O2/c1-2-5-13-10-16(22-21-13)18(25)23(11-14-6-3-4-9-19-14)12-15-7-8-17(24)20-15/h3-4,6,9,13,15-16,21-22H,2,5,7-8,10-12H2,1H3,(H,20,24)/t13?,15-,16?/m0/s1. The van der Waals surface area contributed by atoms with Gasteiger partial charge in [-0.25, -0.2) is 5.43 Å². The zero-order valence-electron chi connectivity index (χ0n) is 14.7. The van der Waals surface area contributed by atoms with Crippen molar-refractivity contribution < 1.29 is 9.59 Å². The number of carbonyl (C=O) groups is 2. The van der Waals surface area contributed by atoms with Gasteiger partial charge in [-0.15, -0.1) is 0 Å². The minimum Gasteiger partial charge on any atom is -0.352 e. The second kappa shape index (κ2) is 8.40. The quantitative estimate of drug-likeness (QED) is 0.678. The molecule has 1 aromatic heterocycles.